The minimum absolute atomic E-state index is 0.314. The van der Waals surface area contributed by atoms with Crippen molar-refractivity contribution in [3.05, 3.63) is 70.5 Å². The summed E-state index contributed by atoms with van der Waals surface area (Å²) in [6, 6.07) is 2.40. The molecule has 3 atom stereocenters. The number of H-pyrrole nitrogens is 1. The van der Waals surface area contributed by atoms with Crippen LogP contribution in [0.4, 0.5) is 0 Å². The van der Waals surface area contributed by atoms with E-state index in [1.54, 1.807) is 6.92 Å². The number of benzene rings is 1. The third-order valence-electron chi connectivity index (χ3n) is 6.76. The third kappa shape index (κ3) is 5.43. The molecule has 0 radical (unpaired) electrons. The molecule has 2 heterocycles. The van der Waals surface area contributed by atoms with Crippen LogP contribution in [0.5, 0.6) is 0 Å². The molecule has 1 unspecified atom stereocenters. The van der Waals surface area contributed by atoms with Gasteiger partial charge in [-0.3, -0.25) is 9.59 Å². The molecule has 2 aromatic rings. The Bertz CT molecular complexity index is 1210. The largest absolute Gasteiger partial charge is 0.386 e. The maximum atomic E-state index is 12.8. The molecule has 1 saturated heterocycles. The van der Waals surface area contributed by atoms with E-state index in [-0.39, 0.29) is 5.91 Å². The van der Waals surface area contributed by atoms with Gasteiger partial charge in [0, 0.05) is 27.6 Å². The van der Waals surface area contributed by atoms with Gasteiger partial charge in [0.15, 0.2) is 0 Å². The number of aliphatic hydroxyl groups is 1. The molecule has 2 amide bonds. The van der Waals surface area contributed by atoms with E-state index in [0.29, 0.717) is 5.56 Å². The quantitative estimate of drug-likeness (QED) is 0.416. The SMILES string of the molecule is C=CC(C)(C)c1[nH]c2c(CC=C(C)C)c(CC=C(C)C)ccc2c1C(O)[C@@H]1NC(=O)[C@H](C)NC1=O. The second-order valence-corrected chi connectivity index (χ2v) is 10.6. The fourth-order valence-corrected chi connectivity index (χ4v) is 4.45. The number of carbonyl (C=O) groups excluding carboxylic acids is 2. The van der Waals surface area contributed by atoms with Gasteiger partial charge in [0.25, 0.3) is 0 Å². The van der Waals surface area contributed by atoms with Crippen LogP contribution in [-0.4, -0.2) is 34.0 Å². The summed E-state index contributed by atoms with van der Waals surface area (Å²) in [5.74, 6) is -0.711. The summed E-state index contributed by atoms with van der Waals surface area (Å²) in [6.45, 7) is 18.0. The number of amides is 2. The van der Waals surface area contributed by atoms with Crippen molar-refractivity contribution >= 4 is 22.7 Å². The molecule has 35 heavy (non-hydrogen) atoms. The summed E-state index contributed by atoms with van der Waals surface area (Å²) in [7, 11) is 0. The maximum Gasteiger partial charge on any atom is 0.246 e. The molecule has 1 aliphatic rings. The minimum Gasteiger partial charge on any atom is -0.386 e. The highest BCUT2D eigenvalue weighted by atomic mass is 16.3. The van der Waals surface area contributed by atoms with Gasteiger partial charge < -0.3 is 20.7 Å². The van der Waals surface area contributed by atoms with Crippen molar-refractivity contribution in [2.24, 2.45) is 0 Å². The molecule has 3 rings (SSSR count). The normalized spacial score (nSPS) is 19.1. The fourth-order valence-electron chi connectivity index (χ4n) is 4.45. The molecule has 4 N–H and O–H groups in total. The first-order chi connectivity index (χ1) is 16.4. The van der Waals surface area contributed by atoms with E-state index < -0.39 is 29.5 Å². The highest BCUT2D eigenvalue weighted by molar-refractivity contribution is 5.98. The summed E-state index contributed by atoms with van der Waals surface area (Å²) in [5, 5.41) is 17.8. The Morgan fingerprint density at radius 1 is 1.06 bits per heavy atom. The standard InChI is InChI=1S/C29H39N3O3/c1-9-29(7,8)26-22(25(33)24-28(35)30-18(6)27(34)32-24)21-15-13-19(12-10-16(2)3)20(23(21)31-26)14-11-17(4)5/h9-11,13,15,18,24-25,31,33H,1,12,14H2,2-8H3,(H,30,35)(H,32,34)/t18-,24-,25?/m0/s1. The average Bonchev–Trinajstić information content (AvgIpc) is 3.18. The summed E-state index contributed by atoms with van der Waals surface area (Å²) < 4.78 is 0. The fraction of sp³-hybridized carbons (Fsp3) is 0.448. The molecule has 0 saturated carbocycles. The smallest absolute Gasteiger partial charge is 0.246 e. The lowest BCUT2D eigenvalue weighted by molar-refractivity contribution is -0.139. The van der Waals surface area contributed by atoms with Crippen LogP contribution in [0.25, 0.3) is 10.9 Å². The Hall–Kier alpha value is -3.12. The third-order valence-corrected chi connectivity index (χ3v) is 6.76. The van der Waals surface area contributed by atoms with Crippen LogP contribution in [0.15, 0.2) is 48.1 Å². The zero-order valence-corrected chi connectivity index (χ0v) is 22.0. The Morgan fingerprint density at radius 2 is 1.69 bits per heavy atom. The Labute approximate surface area is 208 Å². The minimum atomic E-state index is -1.23. The van der Waals surface area contributed by atoms with Crippen molar-refractivity contribution in [1.82, 2.24) is 15.6 Å². The van der Waals surface area contributed by atoms with Gasteiger partial charge in [-0.1, -0.05) is 55.4 Å². The summed E-state index contributed by atoms with van der Waals surface area (Å²) >= 11 is 0. The van der Waals surface area contributed by atoms with Gasteiger partial charge in [-0.05, 0) is 58.6 Å². The van der Waals surface area contributed by atoms with E-state index in [1.165, 1.54) is 16.7 Å². The number of rotatable bonds is 8. The lowest BCUT2D eigenvalue weighted by Crippen LogP contribution is -2.62. The maximum absolute atomic E-state index is 12.8. The molecule has 0 aliphatic carbocycles. The second kappa shape index (κ2) is 10.2. The molecular weight excluding hydrogens is 438 g/mol. The van der Waals surface area contributed by atoms with Gasteiger partial charge in [-0.15, -0.1) is 6.58 Å². The first-order valence-corrected chi connectivity index (χ1v) is 12.2. The van der Waals surface area contributed by atoms with E-state index >= 15 is 0 Å². The molecule has 1 aromatic heterocycles. The first-order valence-electron chi connectivity index (χ1n) is 12.2. The molecule has 188 valence electrons. The first kappa shape index (κ1) is 26.5. The average molecular weight is 478 g/mol. The molecular formula is C29H39N3O3. The van der Waals surface area contributed by atoms with Gasteiger partial charge in [-0.25, -0.2) is 0 Å². The predicted molar refractivity (Wildman–Crippen MR) is 142 cm³/mol. The number of nitrogens with one attached hydrogen (secondary N) is 3. The topological polar surface area (TPSA) is 94.2 Å². The zero-order valence-electron chi connectivity index (χ0n) is 22.0. The van der Waals surface area contributed by atoms with Crippen LogP contribution in [0.1, 0.15) is 77.0 Å². The molecule has 1 aliphatic heterocycles. The highest BCUT2D eigenvalue weighted by Gasteiger charge is 2.40. The lowest BCUT2D eigenvalue weighted by atomic mass is 9.83. The highest BCUT2D eigenvalue weighted by Crippen LogP contribution is 2.39. The van der Waals surface area contributed by atoms with Crippen molar-refractivity contribution in [1.29, 1.82) is 0 Å². The van der Waals surface area contributed by atoms with Gasteiger partial charge >= 0.3 is 0 Å². The van der Waals surface area contributed by atoms with Crippen molar-refractivity contribution in [3.8, 4) is 0 Å². The Morgan fingerprint density at radius 3 is 2.29 bits per heavy atom. The van der Waals surface area contributed by atoms with E-state index in [9.17, 15) is 14.7 Å². The van der Waals surface area contributed by atoms with E-state index in [4.69, 9.17) is 0 Å². The monoisotopic (exact) mass is 477 g/mol. The number of hydrogen-bond acceptors (Lipinski definition) is 3. The summed E-state index contributed by atoms with van der Waals surface area (Å²) in [5.41, 5.74) is 6.68. The zero-order chi connectivity index (χ0) is 26.1. The molecule has 1 aromatic carbocycles. The Balaban J connectivity index is 2.27. The van der Waals surface area contributed by atoms with Gasteiger partial charge in [0.1, 0.15) is 18.2 Å². The molecule has 1 fully saturated rings. The van der Waals surface area contributed by atoms with Gasteiger partial charge in [-0.2, -0.15) is 0 Å². The van der Waals surface area contributed by atoms with Crippen LogP contribution in [-0.2, 0) is 27.8 Å². The van der Waals surface area contributed by atoms with Crippen LogP contribution < -0.4 is 10.6 Å². The number of carbonyl (C=O) groups is 2. The van der Waals surface area contributed by atoms with Gasteiger partial charge in [0.2, 0.25) is 11.8 Å². The van der Waals surface area contributed by atoms with Crippen molar-refractivity contribution < 1.29 is 14.7 Å². The number of aromatic nitrogens is 1. The molecule has 0 spiro atoms. The molecule has 6 nitrogen and oxygen atoms in total. The van der Waals surface area contributed by atoms with Crippen molar-refractivity contribution in [3.63, 3.8) is 0 Å². The summed E-state index contributed by atoms with van der Waals surface area (Å²) in [4.78, 5) is 28.7. The van der Waals surface area contributed by atoms with E-state index in [2.05, 4.69) is 68.1 Å². The van der Waals surface area contributed by atoms with E-state index in [1.807, 2.05) is 26.0 Å². The van der Waals surface area contributed by atoms with Crippen LogP contribution in [0, 0.1) is 0 Å². The number of piperazine rings is 1. The van der Waals surface area contributed by atoms with Crippen LogP contribution >= 0.6 is 0 Å². The second-order valence-electron chi connectivity index (χ2n) is 10.6. The Kier molecular flexibility index (Phi) is 7.75. The number of allylic oxidation sites excluding steroid dienone is 5. The summed E-state index contributed by atoms with van der Waals surface area (Å²) in [6.07, 6.45) is 6.56. The van der Waals surface area contributed by atoms with Crippen molar-refractivity contribution in [2.75, 3.05) is 0 Å². The van der Waals surface area contributed by atoms with Crippen molar-refractivity contribution in [2.45, 2.75) is 84.9 Å². The number of hydrogen-bond donors (Lipinski definition) is 4. The van der Waals surface area contributed by atoms with Crippen LogP contribution in [0.3, 0.4) is 0 Å². The predicted octanol–water partition coefficient (Wildman–Crippen LogP) is 4.69. The molecule has 6 heteroatoms. The number of fused-ring (bicyclic) bond motifs is 1. The number of aliphatic hydroxyl groups excluding tert-OH is 1. The number of aromatic amines is 1. The molecule has 0 bridgehead atoms. The lowest BCUT2D eigenvalue weighted by Gasteiger charge is -2.32. The van der Waals surface area contributed by atoms with Gasteiger partial charge in [0.05, 0.1) is 0 Å². The van der Waals surface area contributed by atoms with Crippen LogP contribution in [0.2, 0.25) is 0 Å². The van der Waals surface area contributed by atoms with E-state index in [0.717, 1.165) is 35.0 Å².